The summed E-state index contributed by atoms with van der Waals surface area (Å²) in [6.07, 6.45) is 10.8. The molecule has 0 atom stereocenters. The molecule has 4 rings (SSSR count). The van der Waals surface area contributed by atoms with Crippen molar-refractivity contribution >= 4 is 45.8 Å². The molecule has 0 radical (unpaired) electrons. The molecule has 136 valence electrons. The molecular weight excluding hydrogens is 362 g/mol. The highest BCUT2D eigenvalue weighted by atomic mass is 32.2. The first-order valence-corrected chi connectivity index (χ1v) is 9.44. The number of fused-ring (bicyclic) bond motifs is 1. The fraction of sp³-hybridized carbons (Fsp3) is 0.250. The van der Waals surface area contributed by atoms with Crippen LogP contribution in [-0.4, -0.2) is 39.1 Å². The van der Waals surface area contributed by atoms with Crippen molar-refractivity contribution in [2.75, 3.05) is 6.54 Å². The summed E-state index contributed by atoms with van der Waals surface area (Å²) in [5, 5.41) is 3.53. The lowest BCUT2D eigenvalue weighted by Crippen LogP contribution is -2.29. The third-order valence-corrected chi connectivity index (χ3v) is 5.39. The summed E-state index contributed by atoms with van der Waals surface area (Å²) in [6.45, 7) is 0.175. The first-order valence-electron chi connectivity index (χ1n) is 8.63. The van der Waals surface area contributed by atoms with Gasteiger partial charge in [-0.05, 0) is 36.7 Å². The summed E-state index contributed by atoms with van der Waals surface area (Å²) >= 11 is 0.879. The van der Waals surface area contributed by atoms with Crippen LogP contribution in [0.5, 0.6) is 0 Å². The second kappa shape index (κ2) is 6.97. The average molecular weight is 379 g/mol. The lowest BCUT2D eigenvalue weighted by atomic mass is 10.1. The quantitative estimate of drug-likeness (QED) is 0.640. The van der Waals surface area contributed by atoms with E-state index in [4.69, 9.17) is 6.42 Å². The van der Waals surface area contributed by atoms with Crippen LogP contribution in [-0.2, 0) is 16.1 Å². The molecule has 3 amide bonds. The van der Waals surface area contributed by atoms with Crippen molar-refractivity contribution < 1.29 is 14.4 Å². The van der Waals surface area contributed by atoms with Crippen molar-refractivity contribution in [1.82, 2.24) is 14.8 Å². The summed E-state index contributed by atoms with van der Waals surface area (Å²) in [7, 11) is 0. The minimum Gasteiger partial charge on any atom is -0.352 e. The Labute approximate surface area is 160 Å². The number of imide groups is 1. The van der Waals surface area contributed by atoms with E-state index in [2.05, 4.69) is 11.2 Å². The maximum absolute atomic E-state index is 12.4. The van der Waals surface area contributed by atoms with Crippen LogP contribution in [0.15, 0.2) is 35.4 Å². The van der Waals surface area contributed by atoms with Gasteiger partial charge < -0.3 is 9.88 Å². The molecule has 2 heterocycles. The van der Waals surface area contributed by atoms with Crippen LogP contribution < -0.4 is 5.32 Å². The molecule has 1 aliphatic heterocycles. The number of hydrogen-bond acceptors (Lipinski definition) is 4. The second-order valence-electron chi connectivity index (χ2n) is 6.54. The minimum atomic E-state index is -0.383. The zero-order chi connectivity index (χ0) is 19.0. The van der Waals surface area contributed by atoms with Crippen LogP contribution in [0.3, 0.4) is 0 Å². The molecule has 1 aromatic heterocycles. The Morgan fingerprint density at radius 3 is 2.85 bits per heavy atom. The van der Waals surface area contributed by atoms with Crippen LogP contribution >= 0.6 is 11.8 Å². The molecular formula is C20H17N3O3S. The van der Waals surface area contributed by atoms with Crippen molar-refractivity contribution in [2.24, 2.45) is 0 Å². The second-order valence-corrected chi connectivity index (χ2v) is 7.54. The molecule has 2 fully saturated rings. The molecule has 1 saturated carbocycles. The SMILES string of the molecule is C#CCN1C(=O)S/C(=C\c2cn(CC(=O)NC3CC3)c3ccccc23)C1=O. The zero-order valence-corrected chi connectivity index (χ0v) is 15.3. The van der Waals surface area contributed by atoms with Crippen molar-refractivity contribution in [2.45, 2.75) is 25.4 Å². The third kappa shape index (κ3) is 3.49. The molecule has 2 aromatic rings. The molecule has 0 unspecified atom stereocenters. The van der Waals surface area contributed by atoms with Gasteiger partial charge in [0.25, 0.3) is 11.1 Å². The van der Waals surface area contributed by atoms with Gasteiger partial charge in [0, 0.05) is 28.7 Å². The highest BCUT2D eigenvalue weighted by Crippen LogP contribution is 2.34. The Morgan fingerprint density at radius 1 is 1.33 bits per heavy atom. The number of para-hydroxylation sites is 1. The topological polar surface area (TPSA) is 71.4 Å². The standard InChI is InChI=1S/C20H17N3O3S/c1-2-9-23-19(25)17(27-20(23)26)10-13-11-22(12-18(24)21-14-7-8-14)16-6-4-3-5-15(13)16/h1,3-6,10-11,14H,7-9,12H2,(H,21,24)/b17-10-. The number of hydrogen-bond donors (Lipinski definition) is 1. The molecule has 1 aromatic carbocycles. The fourth-order valence-corrected chi connectivity index (χ4v) is 3.87. The van der Waals surface area contributed by atoms with Crippen molar-refractivity contribution in [3.8, 4) is 12.3 Å². The van der Waals surface area contributed by atoms with E-state index >= 15 is 0 Å². The van der Waals surface area contributed by atoms with Crippen molar-refractivity contribution in [1.29, 1.82) is 0 Å². The molecule has 0 spiro atoms. The highest BCUT2D eigenvalue weighted by molar-refractivity contribution is 8.18. The monoisotopic (exact) mass is 379 g/mol. The lowest BCUT2D eigenvalue weighted by Gasteiger charge is -2.06. The van der Waals surface area contributed by atoms with Crippen molar-refractivity contribution in [3.05, 3.63) is 40.9 Å². The number of nitrogens with zero attached hydrogens (tertiary/aromatic N) is 2. The number of aromatic nitrogens is 1. The van der Waals surface area contributed by atoms with E-state index in [1.807, 2.05) is 35.0 Å². The summed E-state index contributed by atoms with van der Waals surface area (Å²) in [5.74, 6) is 1.91. The van der Waals surface area contributed by atoms with Gasteiger partial charge in [-0.25, -0.2) is 0 Å². The van der Waals surface area contributed by atoms with E-state index < -0.39 is 0 Å². The van der Waals surface area contributed by atoms with Gasteiger partial charge in [-0.2, -0.15) is 0 Å². The third-order valence-electron chi connectivity index (χ3n) is 4.49. The van der Waals surface area contributed by atoms with Gasteiger partial charge in [-0.15, -0.1) is 6.42 Å². The van der Waals surface area contributed by atoms with Crippen LogP contribution in [0.1, 0.15) is 18.4 Å². The maximum atomic E-state index is 12.4. The van der Waals surface area contributed by atoms with Gasteiger partial charge in [0.15, 0.2) is 0 Å². The van der Waals surface area contributed by atoms with E-state index in [9.17, 15) is 14.4 Å². The van der Waals surface area contributed by atoms with Crippen LogP contribution in [0.25, 0.3) is 17.0 Å². The van der Waals surface area contributed by atoms with Crippen LogP contribution in [0.4, 0.5) is 4.79 Å². The Bertz CT molecular complexity index is 1030. The largest absolute Gasteiger partial charge is 0.352 e. The smallest absolute Gasteiger partial charge is 0.294 e. The van der Waals surface area contributed by atoms with Gasteiger partial charge in [-0.3, -0.25) is 19.3 Å². The lowest BCUT2D eigenvalue weighted by molar-refractivity contribution is -0.122. The van der Waals surface area contributed by atoms with Crippen LogP contribution in [0.2, 0.25) is 0 Å². The number of amides is 3. The van der Waals surface area contributed by atoms with Gasteiger partial charge in [-0.1, -0.05) is 24.1 Å². The Balaban J connectivity index is 1.66. The molecule has 0 bridgehead atoms. The molecule has 2 aliphatic rings. The Kier molecular flexibility index (Phi) is 4.50. The summed E-state index contributed by atoms with van der Waals surface area (Å²) < 4.78 is 1.87. The number of thioether (sulfide) groups is 1. The predicted molar refractivity (Wildman–Crippen MR) is 105 cm³/mol. The van der Waals surface area contributed by atoms with E-state index in [0.717, 1.165) is 46.0 Å². The van der Waals surface area contributed by atoms with Gasteiger partial charge in [0.1, 0.15) is 6.54 Å². The number of carbonyl (C=O) groups excluding carboxylic acids is 3. The van der Waals surface area contributed by atoms with E-state index in [0.29, 0.717) is 10.9 Å². The van der Waals surface area contributed by atoms with E-state index in [1.54, 1.807) is 6.08 Å². The highest BCUT2D eigenvalue weighted by Gasteiger charge is 2.34. The Morgan fingerprint density at radius 2 is 2.11 bits per heavy atom. The van der Waals surface area contributed by atoms with Gasteiger partial charge in [0.2, 0.25) is 5.91 Å². The molecule has 7 heteroatoms. The summed E-state index contributed by atoms with van der Waals surface area (Å²) in [4.78, 5) is 38.0. The predicted octanol–water partition coefficient (Wildman–Crippen LogP) is 2.59. The van der Waals surface area contributed by atoms with E-state index in [-0.39, 0.29) is 30.1 Å². The molecule has 1 N–H and O–H groups in total. The minimum absolute atomic E-state index is 0.0286. The molecule has 6 nitrogen and oxygen atoms in total. The van der Waals surface area contributed by atoms with Crippen LogP contribution in [0, 0.1) is 12.3 Å². The maximum Gasteiger partial charge on any atom is 0.294 e. The van der Waals surface area contributed by atoms with Crippen molar-refractivity contribution in [3.63, 3.8) is 0 Å². The number of terminal acetylenes is 1. The van der Waals surface area contributed by atoms with E-state index in [1.165, 1.54) is 0 Å². The fourth-order valence-electron chi connectivity index (χ4n) is 3.05. The number of nitrogens with one attached hydrogen (secondary N) is 1. The first-order chi connectivity index (χ1) is 13.1. The summed E-state index contributed by atoms with van der Waals surface area (Å²) in [5.41, 5.74) is 1.69. The molecule has 1 aliphatic carbocycles. The number of carbonyl (C=O) groups is 3. The van der Waals surface area contributed by atoms with Gasteiger partial charge >= 0.3 is 0 Å². The normalized spacial score (nSPS) is 18.3. The zero-order valence-electron chi connectivity index (χ0n) is 14.5. The average Bonchev–Trinajstić information content (AvgIpc) is 3.34. The number of benzene rings is 1. The molecule has 1 saturated heterocycles. The first kappa shape index (κ1) is 17.4. The van der Waals surface area contributed by atoms with Gasteiger partial charge in [0.05, 0.1) is 11.4 Å². The molecule has 27 heavy (non-hydrogen) atoms. The Hall–Kier alpha value is -2.98. The summed E-state index contributed by atoms with van der Waals surface area (Å²) in [6, 6.07) is 7.98. The number of rotatable bonds is 5.